The van der Waals surface area contributed by atoms with Crippen molar-refractivity contribution in [2.24, 2.45) is 0 Å². The van der Waals surface area contributed by atoms with Crippen LogP contribution < -0.4 is 9.47 Å². The molecule has 3 rings (SSSR count). The van der Waals surface area contributed by atoms with E-state index in [2.05, 4.69) is 23.8 Å². The molecular formula is C34H45FN2O3. The predicted octanol–water partition coefficient (Wildman–Crippen LogP) is 9.53. The highest BCUT2D eigenvalue weighted by Gasteiger charge is 2.15. The van der Waals surface area contributed by atoms with Gasteiger partial charge in [-0.05, 0) is 61.2 Å². The van der Waals surface area contributed by atoms with Crippen LogP contribution in [0.1, 0.15) is 113 Å². The average molecular weight is 549 g/mol. The van der Waals surface area contributed by atoms with E-state index in [1.165, 1.54) is 76.3 Å². The van der Waals surface area contributed by atoms with Crippen LogP contribution in [0.4, 0.5) is 4.39 Å². The van der Waals surface area contributed by atoms with E-state index in [1.807, 2.05) is 12.4 Å². The van der Waals surface area contributed by atoms with Crippen molar-refractivity contribution in [2.75, 3.05) is 6.61 Å². The van der Waals surface area contributed by atoms with Crippen molar-refractivity contribution in [3.8, 4) is 22.9 Å². The van der Waals surface area contributed by atoms with Crippen LogP contribution in [0, 0.1) is 5.82 Å². The van der Waals surface area contributed by atoms with Crippen LogP contribution in [0.15, 0.2) is 54.9 Å². The van der Waals surface area contributed by atoms with E-state index in [0.29, 0.717) is 23.9 Å². The van der Waals surface area contributed by atoms with Crippen LogP contribution in [-0.2, 0) is 6.42 Å². The molecule has 2 aromatic carbocycles. The summed E-state index contributed by atoms with van der Waals surface area (Å²) in [6.45, 7) is 4.97. The molecule has 3 aromatic rings. The number of aromatic nitrogens is 2. The SMILES string of the molecule is CCCCCCCCCc1cnc(-c2ccc(OC(=O)c3ccc(OCCCCCCCC)cc3F)cc2)nc1. The Morgan fingerprint density at radius 2 is 1.30 bits per heavy atom. The number of carbonyl (C=O) groups excluding carboxylic acids is 1. The molecule has 0 unspecified atom stereocenters. The monoisotopic (exact) mass is 548 g/mol. The van der Waals surface area contributed by atoms with E-state index < -0.39 is 11.8 Å². The zero-order valence-electron chi connectivity index (χ0n) is 24.3. The van der Waals surface area contributed by atoms with E-state index >= 15 is 0 Å². The molecule has 0 saturated carbocycles. The predicted molar refractivity (Wildman–Crippen MR) is 159 cm³/mol. The van der Waals surface area contributed by atoms with Crippen molar-refractivity contribution in [3.05, 3.63) is 71.8 Å². The Labute approximate surface area is 239 Å². The van der Waals surface area contributed by atoms with Gasteiger partial charge in [0.05, 0.1) is 12.2 Å². The van der Waals surface area contributed by atoms with Gasteiger partial charge < -0.3 is 9.47 Å². The lowest BCUT2D eigenvalue weighted by Crippen LogP contribution is -2.11. The van der Waals surface area contributed by atoms with Crippen LogP contribution >= 0.6 is 0 Å². The Bertz CT molecular complexity index is 1130. The van der Waals surface area contributed by atoms with E-state index in [9.17, 15) is 9.18 Å². The lowest BCUT2D eigenvalue weighted by atomic mass is 10.1. The molecule has 40 heavy (non-hydrogen) atoms. The summed E-state index contributed by atoms with van der Waals surface area (Å²) in [6.07, 6.45) is 20.7. The third-order valence-electron chi connectivity index (χ3n) is 7.02. The molecule has 0 aliphatic carbocycles. The third kappa shape index (κ3) is 11.1. The van der Waals surface area contributed by atoms with Gasteiger partial charge in [-0.25, -0.2) is 19.2 Å². The van der Waals surface area contributed by atoms with Gasteiger partial charge in [-0.15, -0.1) is 0 Å². The molecule has 0 N–H and O–H groups in total. The summed E-state index contributed by atoms with van der Waals surface area (Å²) in [7, 11) is 0. The standard InChI is InChI=1S/C34H45FN2O3/c1-3-5-7-9-11-12-14-16-27-25-36-33(37-26-27)28-17-19-29(20-18-28)40-34(38)31-22-21-30(24-32(31)35)39-23-15-13-10-8-6-4-2/h17-22,24-26H,3-16,23H2,1-2H3. The normalized spacial score (nSPS) is 11.0. The number of ether oxygens (including phenoxy) is 2. The molecule has 0 fully saturated rings. The maximum absolute atomic E-state index is 14.6. The van der Waals surface area contributed by atoms with Crippen molar-refractivity contribution in [1.29, 1.82) is 0 Å². The number of hydrogen-bond donors (Lipinski definition) is 0. The molecule has 0 bridgehead atoms. The molecule has 0 aliphatic rings. The third-order valence-corrected chi connectivity index (χ3v) is 7.02. The van der Waals surface area contributed by atoms with Gasteiger partial charge >= 0.3 is 5.97 Å². The van der Waals surface area contributed by atoms with Crippen LogP contribution in [-0.4, -0.2) is 22.5 Å². The van der Waals surface area contributed by atoms with Crippen LogP contribution in [0.25, 0.3) is 11.4 Å². The molecule has 216 valence electrons. The minimum Gasteiger partial charge on any atom is -0.493 e. The van der Waals surface area contributed by atoms with Crippen LogP contribution in [0.2, 0.25) is 0 Å². The number of unbranched alkanes of at least 4 members (excludes halogenated alkanes) is 11. The number of rotatable bonds is 19. The van der Waals surface area contributed by atoms with E-state index in [1.54, 1.807) is 30.3 Å². The first kappa shape index (κ1) is 31.3. The summed E-state index contributed by atoms with van der Waals surface area (Å²) in [6, 6.07) is 11.2. The lowest BCUT2D eigenvalue weighted by Gasteiger charge is -2.09. The number of hydrogen-bond acceptors (Lipinski definition) is 5. The average Bonchev–Trinajstić information content (AvgIpc) is 2.97. The first-order valence-electron chi connectivity index (χ1n) is 15.2. The maximum Gasteiger partial charge on any atom is 0.346 e. The highest BCUT2D eigenvalue weighted by Crippen LogP contribution is 2.23. The van der Waals surface area contributed by atoms with Gasteiger partial charge in [0.15, 0.2) is 5.82 Å². The van der Waals surface area contributed by atoms with E-state index in [0.717, 1.165) is 36.8 Å². The highest BCUT2D eigenvalue weighted by molar-refractivity contribution is 5.91. The molecule has 1 aromatic heterocycles. The summed E-state index contributed by atoms with van der Waals surface area (Å²) in [5.41, 5.74) is 1.83. The molecule has 5 nitrogen and oxygen atoms in total. The summed E-state index contributed by atoms with van der Waals surface area (Å²) in [5.74, 6) is -0.0537. The molecule has 6 heteroatoms. The minimum atomic E-state index is -0.751. The van der Waals surface area contributed by atoms with Gasteiger partial charge in [-0.1, -0.05) is 84.5 Å². The van der Waals surface area contributed by atoms with Crippen LogP contribution in [0.5, 0.6) is 11.5 Å². The topological polar surface area (TPSA) is 61.3 Å². The fourth-order valence-corrected chi connectivity index (χ4v) is 4.58. The van der Waals surface area contributed by atoms with Gasteiger partial charge in [0.1, 0.15) is 17.3 Å². The van der Waals surface area contributed by atoms with E-state index in [4.69, 9.17) is 9.47 Å². The molecule has 0 spiro atoms. The van der Waals surface area contributed by atoms with Gasteiger partial charge in [0.25, 0.3) is 0 Å². The Morgan fingerprint density at radius 3 is 1.93 bits per heavy atom. The summed E-state index contributed by atoms with van der Waals surface area (Å²) < 4.78 is 25.6. The quantitative estimate of drug-likeness (QED) is 0.0848. The lowest BCUT2D eigenvalue weighted by molar-refractivity contribution is 0.0730. The summed E-state index contributed by atoms with van der Waals surface area (Å²) in [4.78, 5) is 21.6. The second-order valence-electron chi connectivity index (χ2n) is 10.5. The Kier molecular flexibility index (Phi) is 14.2. The minimum absolute atomic E-state index is 0.129. The van der Waals surface area contributed by atoms with Gasteiger partial charge in [0.2, 0.25) is 0 Å². The molecule has 0 saturated heterocycles. The Morgan fingerprint density at radius 1 is 0.725 bits per heavy atom. The molecule has 0 radical (unpaired) electrons. The molecular weight excluding hydrogens is 503 g/mol. The fourth-order valence-electron chi connectivity index (χ4n) is 4.58. The maximum atomic E-state index is 14.6. The second-order valence-corrected chi connectivity index (χ2v) is 10.5. The Balaban J connectivity index is 1.43. The van der Waals surface area contributed by atoms with Crippen LogP contribution in [0.3, 0.4) is 0 Å². The first-order chi connectivity index (χ1) is 19.6. The second kappa shape index (κ2) is 18.1. The van der Waals surface area contributed by atoms with E-state index in [-0.39, 0.29) is 5.56 Å². The zero-order chi connectivity index (χ0) is 28.4. The largest absolute Gasteiger partial charge is 0.493 e. The van der Waals surface area contributed by atoms with Crippen molar-refractivity contribution >= 4 is 5.97 Å². The van der Waals surface area contributed by atoms with Gasteiger partial charge in [-0.3, -0.25) is 0 Å². The van der Waals surface area contributed by atoms with Crippen molar-refractivity contribution in [1.82, 2.24) is 9.97 Å². The number of benzene rings is 2. The number of esters is 1. The molecule has 1 heterocycles. The molecule has 0 atom stereocenters. The highest BCUT2D eigenvalue weighted by atomic mass is 19.1. The first-order valence-corrected chi connectivity index (χ1v) is 15.2. The van der Waals surface area contributed by atoms with Crippen molar-refractivity contribution < 1.29 is 18.7 Å². The van der Waals surface area contributed by atoms with Crippen molar-refractivity contribution in [2.45, 2.75) is 104 Å². The molecule has 0 aliphatic heterocycles. The zero-order valence-corrected chi connectivity index (χ0v) is 24.3. The van der Waals surface area contributed by atoms with Crippen molar-refractivity contribution in [3.63, 3.8) is 0 Å². The number of carbonyl (C=O) groups is 1. The van der Waals surface area contributed by atoms with Gasteiger partial charge in [0, 0.05) is 24.0 Å². The summed E-state index contributed by atoms with van der Waals surface area (Å²) in [5, 5.41) is 0. The summed E-state index contributed by atoms with van der Waals surface area (Å²) >= 11 is 0. The number of nitrogens with zero attached hydrogens (tertiary/aromatic N) is 2. The van der Waals surface area contributed by atoms with Gasteiger partial charge in [-0.2, -0.15) is 0 Å². The Hall–Kier alpha value is -3.28. The molecule has 0 amide bonds. The smallest absolute Gasteiger partial charge is 0.346 e. The number of aryl methyl sites for hydroxylation is 1. The fraction of sp³-hybridized carbons (Fsp3) is 0.500. The number of halogens is 1.